The third-order valence-corrected chi connectivity index (χ3v) is 1.91. The molecule has 1 aliphatic heterocycles. The van der Waals surface area contributed by atoms with Crippen LogP contribution in [0, 0.1) is 0 Å². The van der Waals surface area contributed by atoms with Crippen LogP contribution in [-0.4, -0.2) is 32.9 Å². The lowest BCUT2D eigenvalue weighted by molar-refractivity contribution is -0.166. The van der Waals surface area contributed by atoms with Crippen LogP contribution >= 0.6 is 22.9 Å². The lowest BCUT2D eigenvalue weighted by atomic mass is 10.7. The topological polar surface area (TPSA) is 79.0 Å². The fraction of sp³-hybridized carbons (Fsp3) is 0.400. The number of nitrogens with one attached hydrogen (secondary N) is 1. The Morgan fingerprint density at radius 3 is 2.77 bits per heavy atom. The van der Waals surface area contributed by atoms with Crippen LogP contribution in [0.15, 0.2) is 0 Å². The molecule has 1 rings (SSSR count). The van der Waals surface area contributed by atoms with Crippen LogP contribution in [0.1, 0.15) is 6.92 Å². The summed E-state index contributed by atoms with van der Waals surface area (Å²) in [7, 11) is 0. The summed E-state index contributed by atoms with van der Waals surface area (Å²) >= 11 is 1.69. The van der Waals surface area contributed by atoms with Gasteiger partial charge in [0.15, 0.2) is 0 Å². The molecule has 0 unspecified atom stereocenters. The van der Waals surface area contributed by atoms with Crippen molar-refractivity contribution in [3.8, 4) is 0 Å². The number of amides is 4. The molecule has 72 valence electrons. The van der Waals surface area contributed by atoms with Gasteiger partial charge < -0.3 is 10.2 Å². The van der Waals surface area contributed by atoms with Crippen molar-refractivity contribution in [3.63, 3.8) is 0 Å². The average molecular weight is 299 g/mol. The molecule has 1 fully saturated rings. The van der Waals surface area contributed by atoms with E-state index in [4.69, 9.17) is 0 Å². The summed E-state index contributed by atoms with van der Waals surface area (Å²) in [5.41, 5.74) is 0. The van der Waals surface area contributed by atoms with Crippen LogP contribution < -0.4 is 5.32 Å². The van der Waals surface area contributed by atoms with E-state index >= 15 is 0 Å². The number of rotatable bonds is 1. The number of carbonyl (C=O) groups is 3. The lowest BCUT2D eigenvalue weighted by Gasteiger charge is -2.28. The fourth-order valence-corrected chi connectivity index (χ4v) is 1.04. The highest BCUT2D eigenvalue weighted by Gasteiger charge is 2.33. The number of hydrogen-bond acceptors (Lipinski definition) is 4. The first-order valence-corrected chi connectivity index (χ1v) is 4.22. The van der Waals surface area contributed by atoms with E-state index in [1.165, 1.54) is 3.11 Å². The molecule has 0 bridgehead atoms. The zero-order valence-electron chi connectivity index (χ0n) is 6.61. The smallest absolute Gasteiger partial charge is 0.328 e. The zero-order valence-corrected chi connectivity index (χ0v) is 8.77. The minimum absolute atomic E-state index is 0.0932. The van der Waals surface area contributed by atoms with Crippen LogP contribution in [-0.2, 0) is 9.63 Å². The summed E-state index contributed by atoms with van der Waals surface area (Å²) in [6.45, 7) is 1.20. The molecule has 13 heavy (non-hydrogen) atoms. The normalized spacial score (nSPS) is 17.1. The number of urea groups is 2. The highest BCUT2D eigenvalue weighted by Crippen LogP contribution is 2.09. The van der Waals surface area contributed by atoms with E-state index in [0.717, 1.165) is 6.92 Å². The summed E-state index contributed by atoms with van der Waals surface area (Å²) in [5.74, 6) is -0.727. The summed E-state index contributed by atoms with van der Waals surface area (Å²) in [4.78, 5) is 37.0. The van der Waals surface area contributed by atoms with Gasteiger partial charge in [-0.05, 0) is 0 Å². The SMILES string of the molecule is CC(=O)ON1C(=O)NCN(I)C1=O. The maximum absolute atomic E-state index is 11.2. The monoisotopic (exact) mass is 299 g/mol. The van der Waals surface area contributed by atoms with E-state index in [-0.39, 0.29) is 6.67 Å². The predicted octanol–water partition coefficient (Wildman–Crippen LogP) is 0.219. The van der Waals surface area contributed by atoms with Crippen molar-refractivity contribution in [1.29, 1.82) is 0 Å². The fourth-order valence-electron chi connectivity index (χ4n) is 0.671. The maximum atomic E-state index is 11.2. The summed E-state index contributed by atoms with van der Waals surface area (Å²) < 4.78 is 1.17. The van der Waals surface area contributed by atoms with E-state index in [1.807, 2.05) is 0 Å². The van der Waals surface area contributed by atoms with Gasteiger partial charge in [-0.1, -0.05) is 5.06 Å². The lowest BCUT2D eigenvalue weighted by Crippen LogP contribution is -2.56. The third kappa shape index (κ3) is 2.20. The zero-order chi connectivity index (χ0) is 10.0. The van der Waals surface area contributed by atoms with E-state index in [9.17, 15) is 14.4 Å². The summed E-state index contributed by atoms with van der Waals surface area (Å²) in [5, 5.41) is 2.70. The third-order valence-electron chi connectivity index (χ3n) is 1.15. The quantitative estimate of drug-likeness (QED) is 0.555. The van der Waals surface area contributed by atoms with Crippen molar-refractivity contribution in [1.82, 2.24) is 13.5 Å². The Morgan fingerprint density at radius 2 is 2.23 bits per heavy atom. The molecule has 0 saturated carbocycles. The van der Waals surface area contributed by atoms with E-state index in [1.54, 1.807) is 22.9 Å². The number of carbonyl (C=O) groups excluding carboxylic acids is 3. The van der Waals surface area contributed by atoms with Crippen LogP contribution in [0.2, 0.25) is 0 Å². The molecular formula is C5H6IN3O4. The number of hydrogen-bond donors (Lipinski definition) is 1. The highest BCUT2D eigenvalue weighted by atomic mass is 127. The number of nitrogens with zero attached hydrogens (tertiary/aromatic N) is 2. The van der Waals surface area contributed by atoms with Crippen LogP contribution in [0.3, 0.4) is 0 Å². The van der Waals surface area contributed by atoms with Gasteiger partial charge in [-0.3, -0.25) is 0 Å². The van der Waals surface area contributed by atoms with Crippen molar-refractivity contribution in [2.75, 3.05) is 6.67 Å². The van der Waals surface area contributed by atoms with Gasteiger partial charge in [-0.15, -0.1) is 0 Å². The van der Waals surface area contributed by atoms with Crippen molar-refractivity contribution < 1.29 is 19.2 Å². The molecule has 0 aromatic rings. The molecule has 7 nitrogen and oxygen atoms in total. The first-order valence-electron chi connectivity index (χ1n) is 3.26. The Balaban J connectivity index is 2.72. The van der Waals surface area contributed by atoms with Gasteiger partial charge in [0.25, 0.3) is 0 Å². The van der Waals surface area contributed by atoms with Gasteiger partial charge in [0.05, 0.1) is 22.9 Å². The van der Waals surface area contributed by atoms with E-state index in [2.05, 4.69) is 10.2 Å². The van der Waals surface area contributed by atoms with Gasteiger partial charge in [0.1, 0.15) is 6.67 Å². The molecular weight excluding hydrogens is 293 g/mol. The molecule has 0 aromatic carbocycles. The molecule has 1 saturated heterocycles. The molecule has 0 aromatic heterocycles. The number of halogens is 1. The molecule has 1 aliphatic rings. The summed E-state index contributed by atoms with van der Waals surface area (Å²) in [6, 6.07) is -1.42. The van der Waals surface area contributed by atoms with E-state index < -0.39 is 18.0 Å². The standard InChI is InChI=1S/C5H6IN3O4/c1-3(10)13-9-4(11)7-2-8(6)5(9)12/h2H2,1H3,(H,7,11). The van der Waals surface area contributed by atoms with Gasteiger partial charge in [0, 0.05) is 6.92 Å². The first-order chi connectivity index (χ1) is 6.02. The number of imide groups is 1. The van der Waals surface area contributed by atoms with Crippen LogP contribution in [0.25, 0.3) is 0 Å². The van der Waals surface area contributed by atoms with Crippen molar-refractivity contribution in [2.24, 2.45) is 0 Å². The Kier molecular flexibility index (Phi) is 2.90. The second-order valence-corrected chi connectivity index (χ2v) is 3.33. The average Bonchev–Trinajstić information content (AvgIpc) is 2.05. The molecule has 0 radical (unpaired) electrons. The molecule has 0 atom stereocenters. The minimum atomic E-state index is -0.742. The van der Waals surface area contributed by atoms with Crippen molar-refractivity contribution >= 4 is 40.9 Å². The van der Waals surface area contributed by atoms with Gasteiger partial charge in [-0.25, -0.2) is 17.5 Å². The van der Waals surface area contributed by atoms with E-state index in [0.29, 0.717) is 5.06 Å². The van der Waals surface area contributed by atoms with Gasteiger partial charge >= 0.3 is 18.0 Å². The Hall–Kier alpha value is -1.06. The highest BCUT2D eigenvalue weighted by molar-refractivity contribution is 14.1. The molecule has 1 heterocycles. The second-order valence-electron chi connectivity index (χ2n) is 2.16. The molecule has 8 heteroatoms. The minimum Gasteiger partial charge on any atom is -0.328 e. The Morgan fingerprint density at radius 1 is 1.62 bits per heavy atom. The molecule has 1 N–H and O–H groups in total. The molecule has 0 spiro atoms. The van der Waals surface area contributed by atoms with Crippen LogP contribution in [0.4, 0.5) is 9.59 Å². The second kappa shape index (κ2) is 3.77. The Bertz CT molecular complexity index is 269. The largest absolute Gasteiger partial charge is 0.372 e. The molecule has 4 amide bonds. The predicted molar refractivity (Wildman–Crippen MR) is 48.3 cm³/mol. The van der Waals surface area contributed by atoms with Crippen molar-refractivity contribution in [2.45, 2.75) is 6.92 Å². The number of hydroxylamine groups is 2. The van der Waals surface area contributed by atoms with Gasteiger partial charge in [0.2, 0.25) is 0 Å². The van der Waals surface area contributed by atoms with Gasteiger partial charge in [-0.2, -0.15) is 0 Å². The first kappa shape index (κ1) is 10.0. The summed E-state index contributed by atoms with van der Waals surface area (Å²) in [6.07, 6.45) is 0. The van der Waals surface area contributed by atoms with Crippen LogP contribution in [0.5, 0.6) is 0 Å². The maximum Gasteiger partial charge on any atom is 0.372 e. The Labute approximate surface area is 87.4 Å². The van der Waals surface area contributed by atoms with Crippen molar-refractivity contribution in [3.05, 3.63) is 0 Å². The molecule has 0 aliphatic carbocycles.